The zero-order chi connectivity index (χ0) is 16.8. The molecule has 3 rings (SSSR count). The molecule has 0 atom stereocenters. The van der Waals surface area contributed by atoms with Gasteiger partial charge in [-0.15, -0.1) is 0 Å². The van der Waals surface area contributed by atoms with E-state index in [0.717, 1.165) is 10.4 Å². The first kappa shape index (κ1) is 16.2. The summed E-state index contributed by atoms with van der Waals surface area (Å²) in [6, 6.07) is 10.6. The number of nitrogens with zero attached hydrogens (tertiary/aromatic N) is 1. The molecule has 1 aliphatic rings. The minimum Gasteiger partial charge on any atom is -0.497 e. The predicted molar refractivity (Wildman–Crippen MR) is 86.1 cm³/mol. The molecular weight excluding hydrogens is 392 g/mol. The van der Waals surface area contributed by atoms with Gasteiger partial charge < -0.3 is 4.74 Å². The third-order valence-corrected chi connectivity index (χ3v) is 5.91. The lowest BCUT2D eigenvalue weighted by Crippen LogP contribution is -2.33. The number of hydrogen-bond donors (Lipinski definition) is 0. The molecule has 0 radical (unpaired) electrons. The van der Waals surface area contributed by atoms with Crippen LogP contribution in [0.3, 0.4) is 0 Å². The summed E-state index contributed by atoms with van der Waals surface area (Å²) in [4.78, 5) is 0. The van der Waals surface area contributed by atoms with Gasteiger partial charge in [-0.1, -0.05) is 28.1 Å². The summed E-state index contributed by atoms with van der Waals surface area (Å²) < 4.78 is 59.3. The Balaban J connectivity index is 2.05. The second kappa shape index (κ2) is 5.45. The maximum absolute atomic E-state index is 14.3. The number of hydrogen-bond acceptors (Lipinski definition) is 3. The zero-order valence-electron chi connectivity index (χ0n) is 12.0. The minimum absolute atomic E-state index is 0.00554. The smallest absolute Gasteiger partial charge is 0.391 e. The highest BCUT2D eigenvalue weighted by Crippen LogP contribution is 2.50. The summed E-state index contributed by atoms with van der Waals surface area (Å²) in [6.07, 6.45) is 0. The Morgan fingerprint density at radius 3 is 2.43 bits per heavy atom. The van der Waals surface area contributed by atoms with Gasteiger partial charge in [0.05, 0.1) is 24.9 Å². The highest BCUT2D eigenvalue weighted by Gasteiger charge is 2.58. The number of fused-ring (bicyclic) bond motifs is 1. The van der Waals surface area contributed by atoms with E-state index in [4.69, 9.17) is 4.74 Å². The Hall–Kier alpha value is -1.67. The van der Waals surface area contributed by atoms with Gasteiger partial charge in [-0.25, -0.2) is 0 Å². The Labute approximate surface area is 140 Å². The monoisotopic (exact) mass is 403 g/mol. The fourth-order valence-electron chi connectivity index (χ4n) is 2.43. The molecule has 1 aliphatic heterocycles. The third kappa shape index (κ3) is 2.49. The SMILES string of the molecule is COc1ccc(CN2c3ccc(Br)cc3C(F)(F)S2(=O)=O)cc1. The van der Waals surface area contributed by atoms with Gasteiger partial charge in [0.1, 0.15) is 5.75 Å². The largest absolute Gasteiger partial charge is 0.497 e. The first-order chi connectivity index (χ1) is 10.8. The summed E-state index contributed by atoms with van der Waals surface area (Å²) in [5.41, 5.74) is 0.0651. The molecule has 0 saturated carbocycles. The molecule has 23 heavy (non-hydrogen) atoms. The van der Waals surface area contributed by atoms with Gasteiger partial charge in [0.25, 0.3) is 0 Å². The molecule has 0 aromatic heterocycles. The van der Waals surface area contributed by atoms with E-state index in [9.17, 15) is 17.2 Å². The number of alkyl halides is 2. The topological polar surface area (TPSA) is 46.6 Å². The van der Waals surface area contributed by atoms with Crippen LogP contribution in [0.15, 0.2) is 46.9 Å². The molecule has 8 heteroatoms. The standard InChI is InChI=1S/C15H12BrF2NO3S/c1-22-12-5-2-10(3-6-12)9-19-14-7-4-11(16)8-13(14)15(17,18)23(19,20)21/h2-8H,9H2,1H3. The lowest BCUT2D eigenvalue weighted by Gasteiger charge is -2.19. The molecule has 1 heterocycles. The predicted octanol–water partition coefficient (Wildman–Crippen LogP) is 3.86. The van der Waals surface area contributed by atoms with E-state index in [2.05, 4.69) is 15.9 Å². The van der Waals surface area contributed by atoms with Crippen molar-refractivity contribution in [2.45, 2.75) is 11.8 Å². The van der Waals surface area contributed by atoms with Crippen molar-refractivity contribution in [3.63, 3.8) is 0 Å². The van der Waals surface area contributed by atoms with Crippen molar-refractivity contribution in [1.29, 1.82) is 0 Å². The Kier molecular flexibility index (Phi) is 3.84. The number of ether oxygens (including phenoxy) is 1. The van der Waals surface area contributed by atoms with Gasteiger partial charge in [0.15, 0.2) is 0 Å². The summed E-state index contributed by atoms with van der Waals surface area (Å²) in [6.45, 7) is -0.170. The van der Waals surface area contributed by atoms with E-state index in [-0.39, 0.29) is 12.2 Å². The fourth-order valence-corrected chi connectivity index (χ4v) is 4.25. The molecule has 122 valence electrons. The molecule has 2 aromatic rings. The third-order valence-electron chi connectivity index (χ3n) is 3.64. The minimum atomic E-state index is -4.81. The fraction of sp³-hybridized carbons (Fsp3) is 0.200. The van der Waals surface area contributed by atoms with Crippen LogP contribution in [-0.4, -0.2) is 15.5 Å². The first-order valence-electron chi connectivity index (χ1n) is 6.60. The van der Waals surface area contributed by atoms with Crippen LogP contribution in [-0.2, 0) is 21.8 Å². The van der Waals surface area contributed by atoms with E-state index >= 15 is 0 Å². The maximum Gasteiger partial charge on any atom is 0.391 e. The number of methoxy groups -OCH3 is 1. The Morgan fingerprint density at radius 1 is 1.17 bits per heavy atom. The number of rotatable bonds is 3. The molecule has 0 saturated heterocycles. The summed E-state index contributed by atoms with van der Waals surface area (Å²) in [5.74, 6) is 0.604. The van der Waals surface area contributed by atoms with E-state index in [1.807, 2.05) is 0 Å². The molecule has 0 unspecified atom stereocenters. The molecule has 0 N–H and O–H groups in total. The molecule has 4 nitrogen and oxygen atoms in total. The van der Waals surface area contributed by atoms with Crippen molar-refractivity contribution in [2.75, 3.05) is 11.4 Å². The number of halogens is 3. The normalized spacial score (nSPS) is 17.8. The highest BCUT2D eigenvalue weighted by atomic mass is 79.9. The molecule has 2 aromatic carbocycles. The number of sulfonamides is 1. The quantitative estimate of drug-likeness (QED) is 0.781. The van der Waals surface area contributed by atoms with Crippen LogP contribution in [0.5, 0.6) is 5.75 Å². The van der Waals surface area contributed by atoms with Crippen LogP contribution in [0.25, 0.3) is 0 Å². The van der Waals surface area contributed by atoms with Crippen molar-refractivity contribution >= 4 is 31.6 Å². The van der Waals surface area contributed by atoms with Crippen LogP contribution in [0.2, 0.25) is 0 Å². The van der Waals surface area contributed by atoms with Gasteiger partial charge >= 0.3 is 15.3 Å². The zero-order valence-corrected chi connectivity index (χ0v) is 14.4. The average molecular weight is 404 g/mol. The summed E-state index contributed by atoms with van der Waals surface area (Å²) in [7, 11) is -3.30. The summed E-state index contributed by atoms with van der Waals surface area (Å²) in [5, 5.41) is -3.95. The van der Waals surface area contributed by atoms with E-state index < -0.39 is 20.8 Å². The molecular formula is C15H12BrF2NO3S. The second-order valence-corrected chi connectivity index (χ2v) is 7.86. The van der Waals surface area contributed by atoms with Crippen molar-refractivity contribution in [3.05, 3.63) is 58.1 Å². The van der Waals surface area contributed by atoms with Crippen molar-refractivity contribution in [3.8, 4) is 5.75 Å². The van der Waals surface area contributed by atoms with Crippen LogP contribution in [0, 0.1) is 0 Å². The van der Waals surface area contributed by atoms with E-state index in [0.29, 0.717) is 15.8 Å². The summed E-state index contributed by atoms with van der Waals surface area (Å²) >= 11 is 3.10. The molecule has 0 spiro atoms. The maximum atomic E-state index is 14.3. The lowest BCUT2D eigenvalue weighted by molar-refractivity contribution is 0.0950. The average Bonchev–Trinajstić information content (AvgIpc) is 2.66. The van der Waals surface area contributed by atoms with E-state index in [1.165, 1.54) is 19.2 Å². The molecule has 0 amide bonds. The Bertz CT molecular complexity index is 854. The van der Waals surface area contributed by atoms with Gasteiger partial charge in [-0.05, 0) is 35.9 Å². The van der Waals surface area contributed by atoms with Crippen molar-refractivity contribution < 1.29 is 21.9 Å². The highest BCUT2D eigenvalue weighted by molar-refractivity contribution is 9.10. The van der Waals surface area contributed by atoms with Gasteiger partial charge in [0, 0.05) is 4.47 Å². The molecule has 0 fully saturated rings. The second-order valence-electron chi connectivity index (χ2n) is 5.04. The van der Waals surface area contributed by atoms with Gasteiger partial charge in [-0.3, -0.25) is 4.31 Å². The van der Waals surface area contributed by atoms with Crippen molar-refractivity contribution in [2.24, 2.45) is 0 Å². The van der Waals surface area contributed by atoms with Crippen LogP contribution in [0.1, 0.15) is 11.1 Å². The first-order valence-corrected chi connectivity index (χ1v) is 8.84. The van der Waals surface area contributed by atoms with E-state index in [1.54, 1.807) is 24.3 Å². The lowest BCUT2D eigenvalue weighted by atomic mass is 10.1. The van der Waals surface area contributed by atoms with Gasteiger partial charge in [-0.2, -0.15) is 17.2 Å². The van der Waals surface area contributed by atoms with Crippen molar-refractivity contribution in [1.82, 2.24) is 0 Å². The van der Waals surface area contributed by atoms with Crippen LogP contribution < -0.4 is 9.04 Å². The van der Waals surface area contributed by atoms with Gasteiger partial charge in [0.2, 0.25) is 0 Å². The molecule has 0 bridgehead atoms. The van der Waals surface area contributed by atoms with Crippen LogP contribution >= 0.6 is 15.9 Å². The number of benzene rings is 2. The van der Waals surface area contributed by atoms with Crippen LogP contribution in [0.4, 0.5) is 14.5 Å². The Morgan fingerprint density at radius 2 is 1.83 bits per heavy atom. The number of anilines is 1. The molecule has 0 aliphatic carbocycles.